The Bertz CT molecular complexity index is 600. The van der Waals surface area contributed by atoms with E-state index < -0.39 is 5.54 Å². The van der Waals surface area contributed by atoms with E-state index in [2.05, 4.69) is 5.32 Å². The predicted octanol–water partition coefficient (Wildman–Crippen LogP) is 2.20. The molecule has 1 aromatic carbocycles. The van der Waals surface area contributed by atoms with E-state index in [4.69, 9.17) is 5.73 Å². The number of aryl methyl sites for hydroxylation is 2. The molecular weight excluding hydrogens is 278 g/mol. The maximum Gasteiger partial charge on any atom is 0.325 e. The van der Waals surface area contributed by atoms with Gasteiger partial charge in [0.1, 0.15) is 5.54 Å². The SMILES string of the molecule is CCC(N)CN1C(=O)NC(CC)(c2ccc(C)cc2C)C1=O. The van der Waals surface area contributed by atoms with Crippen molar-refractivity contribution in [1.82, 2.24) is 10.2 Å². The van der Waals surface area contributed by atoms with Crippen molar-refractivity contribution in [3.8, 4) is 0 Å². The van der Waals surface area contributed by atoms with Crippen LogP contribution >= 0.6 is 0 Å². The first-order chi connectivity index (χ1) is 10.4. The molecule has 1 aliphatic rings. The van der Waals surface area contributed by atoms with Crippen LogP contribution in [0.3, 0.4) is 0 Å². The van der Waals surface area contributed by atoms with E-state index in [-0.39, 0.29) is 24.5 Å². The van der Waals surface area contributed by atoms with Gasteiger partial charge in [-0.25, -0.2) is 4.79 Å². The van der Waals surface area contributed by atoms with Crippen LogP contribution < -0.4 is 11.1 Å². The second-order valence-corrected chi connectivity index (χ2v) is 6.09. The summed E-state index contributed by atoms with van der Waals surface area (Å²) in [5.41, 5.74) is 7.96. The topological polar surface area (TPSA) is 75.4 Å². The van der Waals surface area contributed by atoms with Gasteiger partial charge in [-0.3, -0.25) is 9.69 Å². The Morgan fingerprint density at radius 3 is 2.50 bits per heavy atom. The van der Waals surface area contributed by atoms with Crippen LogP contribution in [0, 0.1) is 13.8 Å². The number of nitrogens with zero attached hydrogens (tertiary/aromatic N) is 1. The first-order valence-electron chi connectivity index (χ1n) is 7.83. The Morgan fingerprint density at radius 1 is 1.27 bits per heavy atom. The number of rotatable bonds is 5. The van der Waals surface area contributed by atoms with Gasteiger partial charge in [0.05, 0.1) is 0 Å². The highest BCUT2D eigenvalue weighted by Crippen LogP contribution is 2.34. The van der Waals surface area contributed by atoms with E-state index in [9.17, 15) is 9.59 Å². The van der Waals surface area contributed by atoms with Gasteiger partial charge in [0.2, 0.25) is 0 Å². The molecule has 3 N–H and O–H groups in total. The number of hydrogen-bond acceptors (Lipinski definition) is 3. The molecule has 0 bridgehead atoms. The lowest BCUT2D eigenvalue weighted by Crippen LogP contribution is -2.45. The van der Waals surface area contributed by atoms with Crippen molar-refractivity contribution < 1.29 is 9.59 Å². The van der Waals surface area contributed by atoms with Crippen molar-refractivity contribution >= 4 is 11.9 Å². The molecule has 22 heavy (non-hydrogen) atoms. The Kier molecular flexibility index (Phi) is 4.56. The number of carbonyl (C=O) groups is 2. The minimum Gasteiger partial charge on any atom is -0.326 e. The number of carbonyl (C=O) groups excluding carboxylic acids is 2. The molecule has 0 aromatic heterocycles. The predicted molar refractivity (Wildman–Crippen MR) is 86.4 cm³/mol. The van der Waals surface area contributed by atoms with Gasteiger partial charge in [-0.2, -0.15) is 0 Å². The highest BCUT2D eigenvalue weighted by molar-refractivity contribution is 6.07. The molecule has 5 nitrogen and oxygen atoms in total. The third kappa shape index (κ3) is 2.61. The molecule has 0 saturated carbocycles. The lowest BCUT2D eigenvalue weighted by atomic mass is 9.83. The zero-order chi connectivity index (χ0) is 16.5. The average Bonchev–Trinajstić information content (AvgIpc) is 2.72. The second-order valence-electron chi connectivity index (χ2n) is 6.09. The number of amides is 3. The summed E-state index contributed by atoms with van der Waals surface area (Å²) in [4.78, 5) is 26.5. The quantitative estimate of drug-likeness (QED) is 0.819. The maximum absolute atomic E-state index is 12.9. The van der Waals surface area contributed by atoms with Crippen LogP contribution in [-0.4, -0.2) is 29.4 Å². The summed E-state index contributed by atoms with van der Waals surface area (Å²) in [5, 5.41) is 2.90. The van der Waals surface area contributed by atoms with Gasteiger partial charge < -0.3 is 11.1 Å². The average molecular weight is 303 g/mol. The second kappa shape index (κ2) is 6.08. The Balaban J connectivity index is 2.42. The number of benzene rings is 1. The van der Waals surface area contributed by atoms with Crippen molar-refractivity contribution in [1.29, 1.82) is 0 Å². The third-order valence-electron chi connectivity index (χ3n) is 4.49. The molecule has 120 valence electrons. The van der Waals surface area contributed by atoms with Crippen LogP contribution in [0.1, 0.15) is 43.4 Å². The van der Waals surface area contributed by atoms with Crippen LogP contribution in [0.15, 0.2) is 18.2 Å². The minimum absolute atomic E-state index is 0.193. The van der Waals surface area contributed by atoms with Crippen molar-refractivity contribution in [2.45, 2.75) is 52.1 Å². The molecule has 0 spiro atoms. The summed E-state index contributed by atoms with van der Waals surface area (Å²) in [6, 6.07) is 5.40. The summed E-state index contributed by atoms with van der Waals surface area (Å²) >= 11 is 0. The van der Waals surface area contributed by atoms with Gasteiger partial charge in [-0.05, 0) is 37.8 Å². The van der Waals surface area contributed by atoms with Crippen molar-refractivity contribution in [3.05, 3.63) is 34.9 Å². The van der Waals surface area contributed by atoms with Crippen LogP contribution in [0.2, 0.25) is 0 Å². The fraction of sp³-hybridized carbons (Fsp3) is 0.529. The highest BCUT2D eigenvalue weighted by Gasteiger charge is 2.51. The van der Waals surface area contributed by atoms with Gasteiger partial charge in [-0.1, -0.05) is 37.6 Å². The number of imide groups is 1. The van der Waals surface area contributed by atoms with Gasteiger partial charge in [-0.15, -0.1) is 0 Å². The van der Waals surface area contributed by atoms with E-state index in [1.54, 1.807) is 0 Å². The molecule has 5 heteroatoms. The lowest BCUT2D eigenvalue weighted by Gasteiger charge is -2.28. The minimum atomic E-state index is -0.970. The number of hydrogen-bond donors (Lipinski definition) is 2. The molecule has 2 rings (SSSR count). The van der Waals surface area contributed by atoms with Crippen LogP contribution in [-0.2, 0) is 10.3 Å². The monoisotopic (exact) mass is 303 g/mol. The molecule has 3 amide bonds. The summed E-state index contributed by atoms with van der Waals surface area (Å²) in [6.07, 6.45) is 1.24. The Hall–Kier alpha value is -1.88. The normalized spacial score (nSPS) is 22.9. The fourth-order valence-corrected chi connectivity index (χ4v) is 3.06. The van der Waals surface area contributed by atoms with E-state index in [1.807, 2.05) is 45.9 Å². The van der Waals surface area contributed by atoms with E-state index in [0.717, 1.165) is 23.1 Å². The zero-order valence-electron chi connectivity index (χ0n) is 13.8. The van der Waals surface area contributed by atoms with Crippen molar-refractivity contribution in [2.75, 3.05) is 6.54 Å². The summed E-state index contributed by atoms with van der Waals surface area (Å²) in [6.45, 7) is 8.10. The van der Waals surface area contributed by atoms with Crippen LogP contribution in [0.25, 0.3) is 0 Å². The molecule has 1 aliphatic heterocycles. The zero-order valence-corrected chi connectivity index (χ0v) is 13.8. The standard InChI is InChI=1S/C17H25N3O2/c1-5-13(18)10-20-15(21)17(6-2,19-16(20)22)14-8-7-11(3)9-12(14)4/h7-9,13H,5-6,10,18H2,1-4H3,(H,19,22). The highest BCUT2D eigenvalue weighted by atomic mass is 16.2. The van der Waals surface area contributed by atoms with E-state index in [0.29, 0.717) is 6.42 Å². The molecule has 1 saturated heterocycles. The summed E-state index contributed by atoms with van der Waals surface area (Å²) < 4.78 is 0. The number of nitrogens with two attached hydrogens (primary N) is 1. The molecule has 1 aromatic rings. The summed E-state index contributed by atoms with van der Waals surface area (Å²) in [5.74, 6) is -0.198. The number of nitrogens with one attached hydrogen (secondary N) is 1. The van der Waals surface area contributed by atoms with Gasteiger partial charge in [0.15, 0.2) is 0 Å². The van der Waals surface area contributed by atoms with E-state index in [1.165, 1.54) is 4.90 Å². The first-order valence-corrected chi connectivity index (χ1v) is 7.83. The molecular formula is C17H25N3O2. The van der Waals surface area contributed by atoms with Gasteiger partial charge in [0.25, 0.3) is 5.91 Å². The van der Waals surface area contributed by atoms with Crippen molar-refractivity contribution in [3.63, 3.8) is 0 Å². The molecule has 2 atom stereocenters. The lowest BCUT2D eigenvalue weighted by molar-refractivity contribution is -0.132. The summed E-state index contributed by atoms with van der Waals surface area (Å²) in [7, 11) is 0. The Morgan fingerprint density at radius 2 is 1.95 bits per heavy atom. The molecule has 1 heterocycles. The van der Waals surface area contributed by atoms with E-state index >= 15 is 0 Å². The first kappa shape index (κ1) is 16.5. The van der Waals surface area contributed by atoms with Gasteiger partial charge >= 0.3 is 6.03 Å². The smallest absolute Gasteiger partial charge is 0.325 e. The van der Waals surface area contributed by atoms with Crippen LogP contribution in [0.4, 0.5) is 4.79 Å². The molecule has 1 fully saturated rings. The van der Waals surface area contributed by atoms with Crippen molar-refractivity contribution in [2.24, 2.45) is 5.73 Å². The molecule has 0 radical (unpaired) electrons. The number of urea groups is 1. The molecule has 0 aliphatic carbocycles. The third-order valence-corrected chi connectivity index (χ3v) is 4.49. The fourth-order valence-electron chi connectivity index (χ4n) is 3.06. The molecule has 2 unspecified atom stereocenters. The largest absolute Gasteiger partial charge is 0.326 e. The maximum atomic E-state index is 12.9. The van der Waals surface area contributed by atoms with Gasteiger partial charge in [0, 0.05) is 12.6 Å². The Labute approximate surface area is 131 Å². The van der Waals surface area contributed by atoms with Crippen LogP contribution in [0.5, 0.6) is 0 Å².